The molecule has 12 atom stereocenters. The number of aliphatic hydroxyl groups excluding tert-OH is 1. The third-order valence-electron chi connectivity index (χ3n) is 20.9. The van der Waals surface area contributed by atoms with Crippen molar-refractivity contribution in [1.82, 2.24) is 41.9 Å². The van der Waals surface area contributed by atoms with Gasteiger partial charge in [-0.05, 0) is 162 Å². The highest BCUT2D eigenvalue weighted by Gasteiger charge is 2.40. The molecule has 6 aliphatic heterocycles. The summed E-state index contributed by atoms with van der Waals surface area (Å²) >= 11 is 3.77. The summed E-state index contributed by atoms with van der Waals surface area (Å²) in [6.07, 6.45) is 22.8. The topological polar surface area (TPSA) is 711 Å². The number of carboxylic acids is 2. The van der Waals surface area contributed by atoms with Crippen LogP contribution in [0.1, 0.15) is 150 Å². The second kappa shape index (κ2) is 65.4. The van der Waals surface area contributed by atoms with Gasteiger partial charge in [-0.2, -0.15) is 0 Å². The van der Waals surface area contributed by atoms with Crippen molar-refractivity contribution in [3.63, 3.8) is 0 Å². The number of phenolic OH excluding ortho intramolecular Hbond substituents is 1. The van der Waals surface area contributed by atoms with Crippen molar-refractivity contribution in [3.05, 3.63) is 218 Å². The highest BCUT2D eigenvalue weighted by molar-refractivity contribution is 7.13. The van der Waals surface area contributed by atoms with E-state index in [9.17, 15) is 102 Å². The summed E-state index contributed by atoms with van der Waals surface area (Å²) in [6, 6.07) is 25.0. The van der Waals surface area contributed by atoms with Crippen LogP contribution in [0.15, 0.2) is 202 Å². The van der Waals surface area contributed by atoms with Gasteiger partial charge in [-0.25, -0.2) is 19.6 Å². The first-order chi connectivity index (χ1) is 71.0. The molecule has 0 spiro atoms. The maximum atomic E-state index is 12.6. The molecular weight excluding hydrogens is 2000 g/mol. The van der Waals surface area contributed by atoms with Crippen LogP contribution in [0.2, 0.25) is 0 Å². The lowest BCUT2D eigenvalue weighted by Gasteiger charge is -2.20. The standard InChI is InChI=1S/2C16H19BN2O7S.C16H21BN2O6S.C16H20BNO5.2C15H20BN3O4/c2*1-10(20)8-11-4-2-6-13(17(24)26-11)18-16(23)15(12-5-3-7-27-12)19-25-9-14(21)22;1-11(21)10-12-4-2-6-14(17(23)25-12)18-16(22)15(19-24-8-7-20)13-5-3-9-26-13;1-11(19)8-14-6-3-7-15(17(22)23-14)18-16(21)10-12-4-2-5-13(20)9-12;1-10(20)8-12-5-3-6-13(16(22)23-12)19-15(21)9-11-4-2-7-14(17)18-11;1-10(20)7-12-3-2-4-13(16(22)23-12)19-15(21)9-11-5-6-18-14(17)8-11/h2*2-5,7,11,13,24H,6,8-9H2,1H3,(H,18,23)(H,21,22);2-5,9,12,14,20,23H,6-8,10H2,1H3,(H,18,22);2-6,9,14-15,20,22H,7-8,10H2,1H3,(H,18,21);2-5,7,12-13,22H,6,8-9H2,1H3,(H2,17,18)(H,19,21);2-3,5-6,8,12-13,22H,4,7,9H2,1H3,(H2,17,18)(H,19,21)/b19-15+;2*19-15-;;;/t2*11-,13+;12-,14+;14-,15+;2*12-,13+/m111111/s1. The number of nitrogens with one attached hydrogen (secondary N) is 6. The number of aromatic nitrogens is 2. The number of phenols is 1. The first kappa shape index (κ1) is 122. The molecule has 6 aliphatic rings. The van der Waals surface area contributed by atoms with Crippen molar-refractivity contribution < 1.29 is 160 Å². The van der Waals surface area contributed by atoms with Crippen LogP contribution in [-0.4, -0.2) is 301 Å². The number of thiophene rings is 3. The Kier molecular flexibility index (Phi) is 53.7. The van der Waals surface area contributed by atoms with Crippen LogP contribution in [0.4, 0.5) is 11.6 Å². The van der Waals surface area contributed by atoms with Gasteiger partial charge in [-0.1, -0.05) is 125 Å². The molecule has 0 aliphatic carbocycles. The minimum Gasteiger partial charge on any atom is -0.508 e. The summed E-state index contributed by atoms with van der Waals surface area (Å²) in [6.45, 7) is 7.06. The molecule has 6 aromatic rings. The number of carbonyl (C=O) groups is 14. The smallest absolute Gasteiger partial charge is 0.478 e. The summed E-state index contributed by atoms with van der Waals surface area (Å²) in [7, 11) is -7.42. The molecule has 0 fully saturated rings. The number of nitrogens with zero attached hydrogens (tertiary/aromatic N) is 5. The van der Waals surface area contributed by atoms with Crippen LogP contribution >= 0.6 is 34.0 Å². The molecule has 1 aromatic carbocycles. The number of pyridine rings is 2. The Morgan fingerprint density at radius 1 is 0.383 bits per heavy atom. The van der Waals surface area contributed by atoms with E-state index in [0.717, 1.165) is 5.56 Å². The molecule has 6 amide bonds. The lowest BCUT2D eigenvalue weighted by Crippen LogP contribution is -2.50. The Labute approximate surface area is 871 Å². The number of aliphatic carboxylic acids is 2. The monoisotopic (exact) mass is 2120 g/mol. The lowest BCUT2D eigenvalue weighted by molar-refractivity contribution is -0.143. The summed E-state index contributed by atoms with van der Waals surface area (Å²) in [5.41, 5.74) is 13.0. The Morgan fingerprint density at radius 2 is 0.678 bits per heavy atom. The highest BCUT2D eigenvalue weighted by Crippen LogP contribution is 2.24. The van der Waals surface area contributed by atoms with Gasteiger partial charge in [0, 0.05) is 44.7 Å². The van der Waals surface area contributed by atoms with E-state index in [1.54, 1.807) is 168 Å². The molecule has 0 unspecified atom stereocenters. The number of nitrogen functional groups attached to an aromatic ring is 2. The van der Waals surface area contributed by atoms with Crippen LogP contribution in [0, 0.1) is 0 Å². The van der Waals surface area contributed by atoms with E-state index >= 15 is 0 Å². The fraction of sp³-hybridized carbons (Fsp3) is 0.394. The number of carboxylic acid groups (broad SMARTS) is 2. The molecular formula is C94H119B6N13O33S3. The average Bonchev–Trinajstić information content (AvgIpc) is 1.82. The van der Waals surface area contributed by atoms with Crippen LogP contribution in [0.3, 0.4) is 0 Å². The van der Waals surface area contributed by atoms with Gasteiger partial charge in [-0.3, -0.25) is 57.5 Å². The molecule has 5 aromatic heterocycles. The van der Waals surface area contributed by atoms with Crippen LogP contribution in [-0.2, 0) is 129 Å². The zero-order valence-corrected chi connectivity index (χ0v) is 84.7. The number of anilines is 2. The van der Waals surface area contributed by atoms with E-state index in [1.165, 1.54) is 93.9 Å². The van der Waals surface area contributed by atoms with Gasteiger partial charge in [0.1, 0.15) is 58.7 Å². The third kappa shape index (κ3) is 47.7. The quantitative estimate of drug-likeness (QED) is 0.00861. The Morgan fingerprint density at radius 3 is 0.953 bits per heavy atom. The minimum absolute atomic E-state index is 0.0235. The number of oxime groups is 3. The van der Waals surface area contributed by atoms with Crippen molar-refractivity contribution in [2.45, 2.75) is 210 Å². The first-order valence-electron chi connectivity index (χ1n) is 46.8. The van der Waals surface area contributed by atoms with E-state index in [4.69, 9.17) is 69.2 Å². The lowest BCUT2D eigenvalue weighted by atomic mass is 9.77. The Bertz CT molecular complexity index is 5340. The molecule has 0 saturated carbocycles. The molecule has 794 valence electrons. The van der Waals surface area contributed by atoms with Crippen molar-refractivity contribution in [2.75, 3.05) is 37.9 Å². The summed E-state index contributed by atoms with van der Waals surface area (Å²) in [5, 5.41) is 129. The number of hydrogen-bond acceptors (Lipinski definition) is 41. The van der Waals surface area contributed by atoms with E-state index in [0.29, 0.717) is 63.2 Å². The van der Waals surface area contributed by atoms with Gasteiger partial charge in [-0.15, -0.1) is 34.0 Å². The number of Topliss-reactive ketones (excluding diaryl/α,β-unsaturated/α-hetero) is 6. The van der Waals surface area contributed by atoms with Crippen LogP contribution in [0.25, 0.3) is 0 Å². The number of amides is 6. The van der Waals surface area contributed by atoms with Gasteiger partial charge in [0.15, 0.2) is 17.1 Å². The van der Waals surface area contributed by atoms with Crippen LogP contribution < -0.4 is 43.4 Å². The fourth-order valence-corrected chi connectivity index (χ4v) is 16.3. The zero-order valence-electron chi connectivity index (χ0n) is 82.2. The van der Waals surface area contributed by atoms with Gasteiger partial charge in [0.2, 0.25) is 30.9 Å². The molecule has 149 heavy (non-hydrogen) atoms. The number of nitrogens with two attached hydrogens (primary N) is 2. The highest BCUT2D eigenvalue weighted by atomic mass is 32.1. The predicted octanol–water partition coefficient (Wildman–Crippen LogP) is 1.89. The fourth-order valence-electron chi connectivity index (χ4n) is 14.2. The summed E-state index contributed by atoms with van der Waals surface area (Å²) in [4.78, 5) is 186. The maximum Gasteiger partial charge on any atom is 0.478 e. The largest absolute Gasteiger partial charge is 0.508 e. The van der Waals surface area contributed by atoms with Gasteiger partial charge >= 0.3 is 54.6 Å². The van der Waals surface area contributed by atoms with Crippen molar-refractivity contribution in [1.29, 1.82) is 0 Å². The van der Waals surface area contributed by atoms with Gasteiger partial charge in [0.05, 0.1) is 118 Å². The second-order valence-corrected chi connectivity index (χ2v) is 36.9. The van der Waals surface area contributed by atoms with E-state index in [1.807, 2.05) is 0 Å². The molecule has 11 heterocycles. The minimum atomic E-state index is -1.32. The normalized spacial score (nSPS) is 20.5. The number of benzene rings is 1. The predicted molar refractivity (Wildman–Crippen MR) is 552 cm³/mol. The molecule has 55 heteroatoms. The number of aromatic hydroxyl groups is 1. The van der Waals surface area contributed by atoms with Gasteiger partial charge < -0.3 is 136 Å². The average molecular weight is 2120 g/mol. The molecule has 0 radical (unpaired) electrons. The molecule has 0 bridgehead atoms. The number of ketones is 6. The second-order valence-electron chi connectivity index (χ2n) is 34.1. The summed E-state index contributed by atoms with van der Waals surface area (Å²) in [5.74, 6) is -8.51. The molecule has 12 rings (SSSR count). The van der Waals surface area contributed by atoms with E-state index < -0.39 is 158 Å². The van der Waals surface area contributed by atoms with Crippen molar-refractivity contribution in [3.8, 4) is 5.75 Å². The summed E-state index contributed by atoms with van der Waals surface area (Å²) < 4.78 is 32.5. The number of aliphatic hydroxyl groups is 1. The van der Waals surface area contributed by atoms with Crippen molar-refractivity contribution in [2.24, 2.45) is 15.5 Å². The number of rotatable bonds is 39. The maximum absolute atomic E-state index is 12.6. The SMILES string of the molecule is CC(=O)C[C@H]1C=CC[C@H](NC(=O)/C(=N/OCC(=O)O)c2cccs2)B(O)O1.CC(=O)C[C@H]1C=CC[C@H](NC(=O)/C(=N\OCC(=O)O)c2cccs2)B(O)O1.CC(=O)C[C@H]1C=CC[C@H](NC(=O)/C(=N\OCCO)c2cccs2)B(O)O1.CC(=O)C[C@H]1C=CC[C@H](NC(=O)Cc2cccc(N)n2)B(O)O1.CC(=O)C[C@H]1C=CC[C@H](NC(=O)Cc2cccc(O)c2)B(O)O1.CC(=O)C[C@H]1C=CC[C@H](NC(=O)Cc2ccnc(N)c2)B(O)O1. The number of carbonyl (C=O) groups excluding carboxylic acids is 12. The molecule has 46 nitrogen and oxygen atoms in total. The van der Waals surface area contributed by atoms with Crippen molar-refractivity contribution >= 4 is 188 Å². The molecule has 20 N–H and O–H groups in total. The van der Waals surface area contributed by atoms with E-state index in [-0.39, 0.29) is 159 Å². The van der Waals surface area contributed by atoms with Crippen LogP contribution in [0.5, 0.6) is 5.75 Å². The zero-order chi connectivity index (χ0) is 109. The molecule has 0 saturated heterocycles. The first-order valence-corrected chi connectivity index (χ1v) is 49.4. The van der Waals surface area contributed by atoms with E-state index in [2.05, 4.69) is 57.3 Å². The Hall–Kier alpha value is -13.5. The number of hydrogen-bond donors (Lipinski definition) is 18. The Balaban J connectivity index is 0.000000242. The van der Waals surface area contributed by atoms with Gasteiger partial charge in [0.25, 0.3) is 17.7 Å². The third-order valence-corrected chi connectivity index (χ3v) is 23.5.